The van der Waals surface area contributed by atoms with Crippen molar-refractivity contribution < 1.29 is 13.2 Å². The highest BCUT2D eigenvalue weighted by Gasteiger charge is 2.21. The van der Waals surface area contributed by atoms with E-state index in [0.29, 0.717) is 5.92 Å². The molecule has 1 unspecified atom stereocenters. The molecule has 1 aromatic rings. The molecule has 5 heteroatoms. The van der Waals surface area contributed by atoms with Crippen molar-refractivity contribution in [3.05, 3.63) is 35.4 Å². The average Bonchev–Trinajstić information content (AvgIpc) is 2.37. The molecule has 0 fully saturated rings. The van der Waals surface area contributed by atoms with Gasteiger partial charge in [0.05, 0.1) is 11.3 Å². The molecule has 124 valence electrons. The van der Waals surface area contributed by atoms with Crippen molar-refractivity contribution in [2.75, 3.05) is 5.75 Å². The van der Waals surface area contributed by atoms with E-state index in [0.717, 1.165) is 12.0 Å². The lowest BCUT2D eigenvalue weighted by molar-refractivity contribution is -0.119. The van der Waals surface area contributed by atoms with Crippen molar-refractivity contribution in [2.45, 2.75) is 52.3 Å². The van der Waals surface area contributed by atoms with Crippen LogP contribution in [0.25, 0.3) is 0 Å². The lowest BCUT2D eigenvalue weighted by Gasteiger charge is -2.16. The van der Waals surface area contributed by atoms with E-state index in [1.807, 2.05) is 19.1 Å². The van der Waals surface area contributed by atoms with Gasteiger partial charge >= 0.3 is 0 Å². The summed E-state index contributed by atoms with van der Waals surface area (Å²) in [4.78, 5) is 11.9. The van der Waals surface area contributed by atoms with Crippen molar-refractivity contribution in [3.8, 4) is 0 Å². The minimum absolute atomic E-state index is 0.206. The smallest absolute Gasteiger partial charge is 0.235 e. The van der Waals surface area contributed by atoms with Gasteiger partial charge in [-0.05, 0) is 44.2 Å². The Bertz CT molecular complexity index is 589. The Morgan fingerprint density at radius 1 is 1.05 bits per heavy atom. The maximum atomic E-state index is 11.9. The Balaban J connectivity index is 2.65. The van der Waals surface area contributed by atoms with Crippen molar-refractivity contribution in [1.29, 1.82) is 0 Å². The van der Waals surface area contributed by atoms with Crippen LogP contribution in [0.2, 0.25) is 0 Å². The molecular weight excluding hydrogens is 298 g/mol. The molecule has 1 aromatic carbocycles. The van der Waals surface area contributed by atoms with Crippen LogP contribution < -0.4 is 5.32 Å². The zero-order valence-corrected chi connectivity index (χ0v) is 14.9. The largest absolute Gasteiger partial charge is 0.349 e. The Morgan fingerprint density at radius 3 is 2.05 bits per heavy atom. The molecule has 0 saturated heterocycles. The lowest BCUT2D eigenvalue weighted by atomic mass is 10.00. The van der Waals surface area contributed by atoms with Gasteiger partial charge in [0.25, 0.3) is 0 Å². The first kappa shape index (κ1) is 18.7. The molecule has 0 aromatic heterocycles. The van der Waals surface area contributed by atoms with Crippen LogP contribution in [0.5, 0.6) is 0 Å². The molecule has 1 N–H and O–H groups in total. The van der Waals surface area contributed by atoms with E-state index in [4.69, 9.17) is 0 Å². The molecule has 0 heterocycles. The molecule has 0 aliphatic rings. The summed E-state index contributed by atoms with van der Waals surface area (Å²) >= 11 is 0. The van der Waals surface area contributed by atoms with Crippen LogP contribution in [0, 0.1) is 5.92 Å². The zero-order valence-electron chi connectivity index (χ0n) is 14.1. The minimum atomic E-state index is -3.36. The van der Waals surface area contributed by atoms with Crippen LogP contribution in [0.4, 0.5) is 0 Å². The van der Waals surface area contributed by atoms with E-state index in [-0.39, 0.29) is 6.04 Å². The van der Waals surface area contributed by atoms with E-state index in [1.54, 1.807) is 13.8 Å². The minimum Gasteiger partial charge on any atom is -0.349 e. The molecule has 0 spiro atoms. The highest BCUT2D eigenvalue weighted by Crippen LogP contribution is 2.15. The maximum absolute atomic E-state index is 11.9. The molecule has 0 bridgehead atoms. The van der Waals surface area contributed by atoms with Crippen LogP contribution in [0.15, 0.2) is 24.3 Å². The molecule has 1 rings (SSSR count). The predicted octanol–water partition coefficient (Wildman–Crippen LogP) is 2.89. The van der Waals surface area contributed by atoms with Gasteiger partial charge in [0.1, 0.15) is 5.75 Å². The van der Waals surface area contributed by atoms with Gasteiger partial charge in [0.15, 0.2) is 9.84 Å². The summed E-state index contributed by atoms with van der Waals surface area (Å²) in [6, 6.07) is 7.88. The third-order valence-electron chi connectivity index (χ3n) is 3.55. The van der Waals surface area contributed by atoms with Crippen LogP contribution in [-0.2, 0) is 21.1 Å². The molecule has 0 saturated carbocycles. The molecule has 0 aliphatic heterocycles. The quantitative estimate of drug-likeness (QED) is 0.838. The van der Waals surface area contributed by atoms with Crippen LogP contribution in [0.1, 0.15) is 51.8 Å². The fourth-order valence-corrected chi connectivity index (χ4v) is 2.91. The monoisotopic (exact) mass is 325 g/mol. The molecule has 1 amide bonds. The Kier molecular flexibility index (Phi) is 6.60. The van der Waals surface area contributed by atoms with Gasteiger partial charge in [0.2, 0.25) is 5.91 Å². The predicted molar refractivity (Wildman–Crippen MR) is 90.5 cm³/mol. The van der Waals surface area contributed by atoms with E-state index in [1.165, 1.54) is 5.56 Å². The summed E-state index contributed by atoms with van der Waals surface area (Å²) < 4.78 is 23.5. The number of rotatable bonds is 7. The number of hydrogen-bond acceptors (Lipinski definition) is 3. The van der Waals surface area contributed by atoms with Crippen molar-refractivity contribution in [1.82, 2.24) is 5.32 Å². The second-order valence-electron chi connectivity index (χ2n) is 6.48. The second-order valence-corrected chi connectivity index (χ2v) is 9.04. The van der Waals surface area contributed by atoms with E-state index < -0.39 is 26.7 Å². The fraction of sp³-hybridized carbons (Fsp3) is 0.588. The topological polar surface area (TPSA) is 63.2 Å². The highest BCUT2D eigenvalue weighted by molar-refractivity contribution is 7.92. The number of amides is 1. The van der Waals surface area contributed by atoms with Gasteiger partial charge < -0.3 is 5.32 Å². The number of carbonyl (C=O) groups excluding carboxylic acids is 1. The van der Waals surface area contributed by atoms with Gasteiger partial charge in [-0.25, -0.2) is 8.42 Å². The average molecular weight is 325 g/mol. The number of carbonyl (C=O) groups is 1. The first-order valence-corrected chi connectivity index (χ1v) is 9.43. The summed E-state index contributed by atoms with van der Waals surface area (Å²) in [5.41, 5.74) is 2.24. The lowest BCUT2D eigenvalue weighted by Crippen LogP contribution is -2.34. The molecule has 1 atom stereocenters. The summed E-state index contributed by atoms with van der Waals surface area (Å²) in [5, 5.41) is 2.21. The van der Waals surface area contributed by atoms with E-state index in [2.05, 4.69) is 31.3 Å². The van der Waals surface area contributed by atoms with Gasteiger partial charge in [0, 0.05) is 0 Å². The molecule has 4 nitrogen and oxygen atoms in total. The first-order chi connectivity index (χ1) is 10.1. The second kappa shape index (κ2) is 7.77. The van der Waals surface area contributed by atoms with Crippen LogP contribution >= 0.6 is 0 Å². The van der Waals surface area contributed by atoms with E-state index >= 15 is 0 Å². The van der Waals surface area contributed by atoms with E-state index in [9.17, 15) is 13.2 Å². The highest BCUT2D eigenvalue weighted by atomic mass is 32.2. The number of benzene rings is 1. The Morgan fingerprint density at radius 2 is 1.59 bits per heavy atom. The van der Waals surface area contributed by atoms with Crippen LogP contribution in [-0.4, -0.2) is 25.3 Å². The summed E-state index contributed by atoms with van der Waals surface area (Å²) in [7, 11) is -3.36. The third-order valence-corrected chi connectivity index (χ3v) is 5.65. The summed E-state index contributed by atoms with van der Waals surface area (Å²) in [6.45, 7) is 9.37. The standard InChI is InChI=1S/C17H27NO3S/c1-12(2)10-15-6-8-16(9-7-15)14(5)18-17(19)11-22(20,21)13(3)4/h6-9,12-14H,10-11H2,1-5H3,(H,18,19). The van der Waals surface area contributed by atoms with Gasteiger partial charge in [-0.3, -0.25) is 4.79 Å². The summed E-state index contributed by atoms with van der Waals surface area (Å²) in [6.07, 6.45) is 1.02. The third kappa shape index (κ3) is 5.79. The van der Waals surface area contributed by atoms with Gasteiger partial charge in [-0.2, -0.15) is 0 Å². The number of sulfone groups is 1. The van der Waals surface area contributed by atoms with Gasteiger partial charge in [-0.1, -0.05) is 38.1 Å². The molecule has 22 heavy (non-hydrogen) atoms. The fourth-order valence-electron chi connectivity index (χ4n) is 2.13. The SMILES string of the molecule is CC(C)Cc1ccc(C(C)NC(=O)CS(=O)(=O)C(C)C)cc1. The summed E-state index contributed by atoms with van der Waals surface area (Å²) in [5.74, 6) is -0.308. The van der Waals surface area contributed by atoms with Crippen molar-refractivity contribution >= 4 is 15.7 Å². The molecule has 0 radical (unpaired) electrons. The maximum Gasteiger partial charge on any atom is 0.235 e. The normalized spacial score (nSPS) is 13.4. The Hall–Kier alpha value is -1.36. The van der Waals surface area contributed by atoms with Crippen molar-refractivity contribution in [2.24, 2.45) is 5.92 Å². The first-order valence-electron chi connectivity index (χ1n) is 7.71. The number of nitrogens with one attached hydrogen (secondary N) is 1. The Labute approximate surface area is 134 Å². The number of hydrogen-bond donors (Lipinski definition) is 1. The molecular formula is C17H27NO3S. The van der Waals surface area contributed by atoms with Crippen LogP contribution in [0.3, 0.4) is 0 Å². The molecule has 0 aliphatic carbocycles. The zero-order chi connectivity index (χ0) is 16.9. The van der Waals surface area contributed by atoms with Crippen molar-refractivity contribution in [3.63, 3.8) is 0 Å². The van der Waals surface area contributed by atoms with Gasteiger partial charge in [-0.15, -0.1) is 0 Å².